The lowest BCUT2D eigenvalue weighted by Crippen LogP contribution is -2.28. The Morgan fingerprint density at radius 3 is 2.85 bits per heavy atom. The summed E-state index contributed by atoms with van der Waals surface area (Å²) in [6, 6.07) is 5.89. The van der Waals surface area contributed by atoms with E-state index in [0.717, 1.165) is 16.5 Å². The Morgan fingerprint density at radius 2 is 2.15 bits per heavy atom. The fourth-order valence-electron chi connectivity index (χ4n) is 1.40. The Morgan fingerprint density at radius 1 is 1.38 bits per heavy atom. The Bertz CT molecular complexity index is 426. The zero-order chi connectivity index (χ0) is 9.47. The third-order valence-electron chi connectivity index (χ3n) is 2.08. The first-order chi connectivity index (χ1) is 6.09. The van der Waals surface area contributed by atoms with Crippen LogP contribution in [0.4, 0.5) is 0 Å². The highest BCUT2D eigenvalue weighted by molar-refractivity contribution is 5.80. The van der Waals surface area contributed by atoms with Crippen LogP contribution in [0.5, 0.6) is 0 Å². The predicted octanol–water partition coefficient (Wildman–Crippen LogP) is 2.02. The molecule has 2 N–H and O–H groups in total. The SMILES string of the molecule is CC(C)(N)c1cccc2cnoc12. The normalized spacial score (nSPS) is 12.2. The summed E-state index contributed by atoms with van der Waals surface area (Å²) >= 11 is 0. The number of nitrogens with two attached hydrogens (primary N) is 1. The van der Waals surface area contributed by atoms with Gasteiger partial charge in [0.25, 0.3) is 0 Å². The van der Waals surface area contributed by atoms with Gasteiger partial charge in [0.15, 0.2) is 5.58 Å². The smallest absolute Gasteiger partial charge is 0.171 e. The zero-order valence-corrected chi connectivity index (χ0v) is 7.74. The quantitative estimate of drug-likeness (QED) is 0.723. The number of para-hydroxylation sites is 1. The molecule has 2 aromatic rings. The van der Waals surface area contributed by atoms with E-state index in [9.17, 15) is 0 Å². The summed E-state index contributed by atoms with van der Waals surface area (Å²) in [5.41, 5.74) is 7.38. The van der Waals surface area contributed by atoms with E-state index in [-0.39, 0.29) is 5.54 Å². The van der Waals surface area contributed by atoms with Crippen molar-refractivity contribution in [3.63, 3.8) is 0 Å². The topological polar surface area (TPSA) is 52.0 Å². The number of nitrogens with zero attached hydrogens (tertiary/aromatic N) is 1. The third-order valence-corrected chi connectivity index (χ3v) is 2.08. The van der Waals surface area contributed by atoms with Crippen molar-refractivity contribution >= 4 is 11.0 Å². The van der Waals surface area contributed by atoms with Gasteiger partial charge in [-0.05, 0) is 19.9 Å². The molecule has 0 unspecified atom stereocenters. The van der Waals surface area contributed by atoms with Gasteiger partial charge in [0.1, 0.15) is 0 Å². The van der Waals surface area contributed by atoms with Crippen molar-refractivity contribution in [3.05, 3.63) is 30.0 Å². The number of hydrogen-bond acceptors (Lipinski definition) is 3. The molecule has 0 amide bonds. The predicted molar refractivity (Wildman–Crippen MR) is 51.2 cm³/mol. The van der Waals surface area contributed by atoms with Crippen molar-refractivity contribution in [3.8, 4) is 0 Å². The number of fused-ring (bicyclic) bond motifs is 1. The van der Waals surface area contributed by atoms with Crippen LogP contribution in [0, 0.1) is 0 Å². The van der Waals surface area contributed by atoms with E-state index in [4.69, 9.17) is 10.3 Å². The summed E-state index contributed by atoms with van der Waals surface area (Å²) in [6.07, 6.45) is 1.70. The van der Waals surface area contributed by atoms with Gasteiger partial charge in [0.05, 0.1) is 6.20 Å². The van der Waals surface area contributed by atoms with Crippen LogP contribution in [-0.4, -0.2) is 5.16 Å². The van der Waals surface area contributed by atoms with Crippen molar-refractivity contribution in [2.24, 2.45) is 5.73 Å². The monoisotopic (exact) mass is 176 g/mol. The molecule has 3 nitrogen and oxygen atoms in total. The van der Waals surface area contributed by atoms with E-state index in [2.05, 4.69) is 5.16 Å². The fraction of sp³-hybridized carbons (Fsp3) is 0.300. The fourth-order valence-corrected chi connectivity index (χ4v) is 1.40. The second-order valence-electron chi connectivity index (χ2n) is 3.77. The summed E-state index contributed by atoms with van der Waals surface area (Å²) in [6.45, 7) is 3.90. The van der Waals surface area contributed by atoms with Crippen molar-refractivity contribution in [1.29, 1.82) is 0 Å². The molecule has 13 heavy (non-hydrogen) atoms. The Hall–Kier alpha value is -1.35. The minimum atomic E-state index is -0.390. The second kappa shape index (κ2) is 2.57. The van der Waals surface area contributed by atoms with E-state index in [1.165, 1.54) is 0 Å². The average Bonchev–Trinajstić information content (AvgIpc) is 2.48. The number of benzene rings is 1. The Balaban J connectivity index is 2.75. The average molecular weight is 176 g/mol. The van der Waals surface area contributed by atoms with Crippen molar-refractivity contribution in [2.75, 3.05) is 0 Å². The molecule has 68 valence electrons. The number of aromatic nitrogens is 1. The largest absolute Gasteiger partial charge is 0.356 e. The standard InChI is InChI=1S/C10H12N2O/c1-10(2,11)8-5-3-4-7-6-12-13-9(7)8/h3-6H,11H2,1-2H3. The number of rotatable bonds is 1. The van der Waals surface area contributed by atoms with Crippen LogP contribution >= 0.6 is 0 Å². The first kappa shape index (κ1) is 8.26. The summed E-state index contributed by atoms with van der Waals surface area (Å²) in [5, 5.41) is 4.74. The molecule has 0 spiro atoms. The lowest BCUT2D eigenvalue weighted by Gasteiger charge is -2.18. The Labute approximate surface area is 76.5 Å². The van der Waals surface area contributed by atoms with Gasteiger partial charge in [-0.1, -0.05) is 17.3 Å². The van der Waals surface area contributed by atoms with Gasteiger partial charge in [0.2, 0.25) is 0 Å². The van der Waals surface area contributed by atoms with Gasteiger partial charge in [0, 0.05) is 16.5 Å². The molecule has 1 aromatic carbocycles. The Kier molecular flexibility index (Phi) is 1.63. The highest BCUT2D eigenvalue weighted by Crippen LogP contribution is 2.25. The molecule has 0 bridgehead atoms. The van der Waals surface area contributed by atoms with Gasteiger partial charge in [-0.15, -0.1) is 0 Å². The van der Waals surface area contributed by atoms with Crippen LogP contribution in [0.15, 0.2) is 28.9 Å². The molecule has 3 heteroatoms. The second-order valence-corrected chi connectivity index (χ2v) is 3.77. The van der Waals surface area contributed by atoms with Crippen molar-refractivity contribution in [2.45, 2.75) is 19.4 Å². The van der Waals surface area contributed by atoms with Crippen LogP contribution in [0.1, 0.15) is 19.4 Å². The molecular formula is C10H12N2O. The molecule has 0 radical (unpaired) electrons. The molecular weight excluding hydrogens is 164 g/mol. The molecule has 2 rings (SSSR count). The van der Waals surface area contributed by atoms with Crippen LogP contribution in [-0.2, 0) is 5.54 Å². The summed E-state index contributed by atoms with van der Waals surface area (Å²) in [5.74, 6) is 0. The maximum Gasteiger partial charge on any atom is 0.171 e. The van der Waals surface area contributed by atoms with Gasteiger partial charge < -0.3 is 10.3 Å². The van der Waals surface area contributed by atoms with Crippen molar-refractivity contribution < 1.29 is 4.52 Å². The van der Waals surface area contributed by atoms with E-state index in [0.29, 0.717) is 0 Å². The minimum absolute atomic E-state index is 0.390. The summed E-state index contributed by atoms with van der Waals surface area (Å²) in [4.78, 5) is 0. The summed E-state index contributed by atoms with van der Waals surface area (Å²) < 4.78 is 5.15. The molecule has 0 saturated heterocycles. The van der Waals surface area contributed by atoms with Crippen LogP contribution in [0.3, 0.4) is 0 Å². The van der Waals surface area contributed by atoms with E-state index < -0.39 is 0 Å². The third kappa shape index (κ3) is 1.31. The van der Waals surface area contributed by atoms with E-state index in [1.807, 2.05) is 32.0 Å². The maximum atomic E-state index is 5.99. The van der Waals surface area contributed by atoms with Gasteiger partial charge >= 0.3 is 0 Å². The molecule has 0 aliphatic heterocycles. The van der Waals surface area contributed by atoms with Gasteiger partial charge in [-0.2, -0.15) is 0 Å². The molecule has 0 saturated carbocycles. The van der Waals surface area contributed by atoms with Crippen LogP contribution < -0.4 is 5.73 Å². The molecule has 0 aliphatic carbocycles. The van der Waals surface area contributed by atoms with Gasteiger partial charge in [-0.3, -0.25) is 0 Å². The van der Waals surface area contributed by atoms with Crippen LogP contribution in [0.25, 0.3) is 11.0 Å². The lowest BCUT2D eigenvalue weighted by molar-refractivity contribution is 0.443. The number of hydrogen-bond donors (Lipinski definition) is 1. The highest BCUT2D eigenvalue weighted by Gasteiger charge is 2.19. The molecule has 1 heterocycles. The van der Waals surface area contributed by atoms with E-state index in [1.54, 1.807) is 6.20 Å². The minimum Gasteiger partial charge on any atom is -0.356 e. The highest BCUT2D eigenvalue weighted by atomic mass is 16.5. The van der Waals surface area contributed by atoms with Crippen LogP contribution in [0.2, 0.25) is 0 Å². The van der Waals surface area contributed by atoms with E-state index >= 15 is 0 Å². The molecule has 1 aromatic heterocycles. The lowest BCUT2D eigenvalue weighted by atomic mass is 9.94. The first-order valence-corrected chi connectivity index (χ1v) is 4.22. The first-order valence-electron chi connectivity index (χ1n) is 4.22. The molecule has 0 atom stereocenters. The van der Waals surface area contributed by atoms with Gasteiger partial charge in [-0.25, -0.2) is 0 Å². The summed E-state index contributed by atoms with van der Waals surface area (Å²) in [7, 11) is 0. The van der Waals surface area contributed by atoms with Crippen molar-refractivity contribution in [1.82, 2.24) is 5.16 Å². The molecule has 0 fully saturated rings. The maximum absolute atomic E-state index is 5.99. The zero-order valence-electron chi connectivity index (χ0n) is 7.74. The molecule has 0 aliphatic rings.